The first-order chi connectivity index (χ1) is 4.81. The zero-order valence-electron chi connectivity index (χ0n) is 6.21. The van der Waals surface area contributed by atoms with Crippen LogP contribution in [0.2, 0.25) is 0 Å². The van der Waals surface area contributed by atoms with Gasteiger partial charge in [0.25, 0.3) is 6.47 Å². The maximum absolute atomic E-state index is 10.5. The van der Waals surface area contributed by atoms with Crippen molar-refractivity contribution < 1.29 is 14.6 Å². The Morgan fingerprint density at radius 2 is 2.20 bits per heavy atom. The zero-order valence-corrected chi connectivity index (χ0v) is 6.21. The molecule has 1 atom stereocenters. The number of carbonyl (C=O) groups excluding carboxylic acids is 1. The Kier molecular flexibility index (Phi) is 6.18. The summed E-state index contributed by atoms with van der Waals surface area (Å²) >= 11 is 0. The normalized spacial score (nSPS) is 12.6. The molecule has 0 saturated carbocycles. The fourth-order valence-electron chi connectivity index (χ4n) is 0.691. The van der Waals surface area contributed by atoms with Crippen LogP contribution in [0, 0.1) is 0 Å². The molecule has 0 rings (SSSR count). The summed E-state index contributed by atoms with van der Waals surface area (Å²) in [6.45, 7) is 2.27. The Morgan fingerprint density at radius 1 is 1.50 bits per heavy atom. The number of hydrogen-bond donors (Lipinski definition) is 0. The third-order valence-corrected chi connectivity index (χ3v) is 1.25. The van der Waals surface area contributed by atoms with Crippen LogP contribution in [0.4, 0.5) is 0 Å². The summed E-state index contributed by atoms with van der Waals surface area (Å²) in [4.78, 5) is 9.63. The highest BCUT2D eigenvalue weighted by molar-refractivity contribution is 5.37. The van der Waals surface area contributed by atoms with E-state index in [2.05, 4.69) is 11.7 Å². The molecule has 0 heterocycles. The van der Waals surface area contributed by atoms with Crippen molar-refractivity contribution in [3.63, 3.8) is 0 Å². The second kappa shape index (κ2) is 6.55. The van der Waals surface area contributed by atoms with Gasteiger partial charge < -0.3 is 4.74 Å². The predicted molar refractivity (Wildman–Crippen MR) is 35.8 cm³/mol. The summed E-state index contributed by atoms with van der Waals surface area (Å²) in [6.07, 6.45) is 2.24. The first-order valence-corrected chi connectivity index (χ1v) is 3.56. The fraction of sp³-hybridized carbons (Fsp3) is 0.857. The van der Waals surface area contributed by atoms with Crippen LogP contribution in [-0.4, -0.2) is 12.8 Å². The molecule has 0 aliphatic heterocycles. The molecule has 0 aliphatic carbocycles. The third-order valence-electron chi connectivity index (χ3n) is 1.25. The molecule has 3 nitrogen and oxygen atoms in total. The second-order valence-corrected chi connectivity index (χ2v) is 2.16. The lowest BCUT2D eigenvalue weighted by atomic mass is 10.2. The van der Waals surface area contributed by atoms with Crippen molar-refractivity contribution in [3.05, 3.63) is 0 Å². The average molecular weight is 145 g/mol. The highest BCUT2D eigenvalue weighted by Gasteiger charge is 2.03. The van der Waals surface area contributed by atoms with Gasteiger partial charge in [0.05, 0.1) is 0 Å². The van der Waals surface area contributed by atoms with E-state index in [1.807, 2.05) is 0 Å². The van der Waals surface area contributed by atoms with E-state index >= 15 is 0 Å². The van der Waals surface area contributed by atoms with E-state index in [1.54, 1.807) is 0 Å². The van der Waals surface area contributed by atoms with E-state index in [0.717, 1.165) is 19.3 Å². The Balaban J connectivity index is 3.04. The van der Waals surface area contributed by atoms with Crippen molar-refractivity contribution in [3.8, 4) is 0 Å². The topological polar surface area (TPSA) is 46.2 Å². The highest BCUT2D eigenvalue weighted by atomic mass is 16.6. The van der Waals surface area contributed by atoms with E-state index in [-0.39, 0.29) is 6.47 Å². The largest absolute Gasteiger partial charge is 0.435 e. The van der Waals surface area contributed by atoms with Crippen LogP contribution in [0.5, 0.6) is 0 Å². The third kappa shape index (κ3) is 5.56. The van der Waals surface area contributed by atoms with Gasteiger partial charge in [-0.1, -0.05) is 19.8 Å². The van der Waals surface area contributed by atoms with E-state index in [4.69, 9.17) is 0 Å². The Bertz CT molecular complexity index is 82.9. The minimum Gasteiger partial charge on any atom is -0.435 e. The van der Waals surface area contributed by atoms with Gasteiger partial charge in [0, 0.05) is 6.42 Å². The monoisotopic (exact) mass is 145 g/mol. The van der Waals surface area contributed by atoms with Gasteiger partial charge >= 0.3 is 0 Å². The second-order valence-electron chi connectivity index (χ2n) is 2.16. The maximum Gasteiger partial charge on any atom is 0.295 e. The van der Waals surface area contributed by atoms with Gasteiger partial charge in [-0.2, -0.15) is 5.11 Å². The van der Waals surface area contributed by atoms with Gasteiger partial charge in [0.1, 0.15) is 0 Å². The number of ether oxygens (including phenoxy) is 1. The standard InChI is InChI=1S/C7H13O3/c1-2-3-4-5-7(9)10-6-8/h6-7H,2-5H2,1H3. The lowest BCUT2D eigenvalue weighted by Gasteiger charge is -2.03. The van der Waals surface area contributed by atoms with Crippen LogP contribution in [0.1, 0.15) is 32.6 Å². The van der Waals surface area contributed by atoms with E-state index in [0.29, 0.717) is 6.42 Å². The molecule has 1 radical (unpaired) electrons. The molecule has 0 aromatic heterocycles. The summed E-state index contributed by atoms with van der Waals surface area (Å²) in [5.74, 6) is 0. The molecule has 0 spiro atoms. The van der Waals surface area contributed by atoms with Gasteiger partial charge in [-0.15, -0.1) is 0 Å². The van der Waals surface area contributed by atoms with E-state index in [1.165, 1.54) is 0 Å². The molecule has 0 bridgehead atoms. The minimum absolute atomic E-state index is 0.212. The molecule has 0 aromatic carbocycles. The number of unbranched alkanes of at least 4 members (excludes halogenated alkanes) is 2. The van der Waals surface area contributed by atoms with Crippen molar-refractivity contribution in [2.24, 2.45) is 0 Å². The van der Waals surface area contributed by atoms with Crippen LogP contribution < -0.4 is 0 Å². The molecule has 10 heavy (non-hydrogen) atoms. The van der Waals surface area contributed by atoms with Crippen LogP contribution in [0.3, 0.4) is 0 Å². The lowest BCUT2D eigenvalue weighted by Crippen LogP contribution is -2.08. The summed E-state index contributed by atoms with van der Waals surface area (Å²) in [7, 11) is 0. The molecule has 0 fully saturated rings. The van der Waals surface area contributed by atoms with Gasteiger partial charge in [0.2, 0.25) is 6.29 Å². The number of carbonyl (C=O) groups is 1. The summed E-state index contributed by atoms with van der Waals surface area (Å²) in [5, 5.41) is 10.5. The Hall–Kier alpha value is -0.570. The lowest BCUT2D eigenvalue weighted by molar-refractivity contribution is -0.164. The van der Waals surface area contributed by atoms with Crippen LogP contribution in [-0.2, 0) is 14.6 Å². The molecule has 3 heteroatoms. The predicted octanol–water partition coefficient (Wildman–Crippen LogP) is 1.50. The first-order valence-electron chi connectivity index (χ1n) is 3.56. The van der Waals surface area contributed by atoms with Crippen LogP contribution in [0.25, 0.3) is 0 Å². The molecular formula is C7H13O3. The SMILES string of the molecule is CCCCCC([O])OC=O. The smallest absolute Gasteiger partial charge is 0.295 e. The molecule has 1 unspecified atom stereocenters. The Labute approximate surface area is 61.0 Å². The molecule has 0 amide bonds. The maximum atomic E-state index is 10.5. The average Bonchev–Trinajstić information content (AvgIpc) is 1.89. The molecule has 59 valence electrons. The Morgan fingerprint density at radius 3 is 2.70 bits per heavy atom. The molecule has 0 aromatic rings. The van der Waals surface area contributed by atoms with Crippen molar-refractivity contribution in [1.82, 2.24) is 0 Å². The van der Waals surface area contributed by atoms with E-state index < -0.39 is 6.29 Å². The van der Waals surface area contributed by atoms with Crippen LogP contribution >= 0.6 is 0 Å². The summed E-state index contributed by atoms with van der Waals surface area (Å²) in [5.41, 5.74) is 0. The highest BCUT2D eigenvalue weighted by Crippen LogP contribution is 2.03. The summed E-state index contributed by atoms with van der Waals surface area (Å²) < 4.78 is 4.15. The van der Waals surface area contributed by atoms with Gasteiger partial charge in [0.15, 0.2) is 0 Å². The van der Waals surface area contributed by atoms with Crippen molar-refractivity contribution >= 4 is 6.47 Å². The fourth-order valence-corrected chi connectivity index (χ4v) is 0.691. The number of rotatable bonds is 6. The van der Waals surface area contributed by atoms with Gasteiger partial charge in [-0.25, -0.2) is 0 Å². The molecule has 0 aliphatic rings. The molecular weight excluding hydrogens is 132 g/mol. The number of hydrogen-bond acceptors (Lipinski definition) is 2. The van der Waals surface area contributed by atoms with Gasteiger partial charge in [-0.05, 0) is 6.42 Å². The van der Waals surface area contributed by atoms with Crippen molar-refractivity contribution in [2.45, 2.75) is 38.9 Å². The van der Waals surface area contributed by atoms with Crippen LogP contribution in [0.15, 0.2) is 0 Å². The first kappa shape index (κ1) is 9.43. The van der Waals surface area contributed by atoms with Gasteiger partial charge in [-0.3, -0.25) is 4.79 Å². The zero-order chi connectivity index (χ0) is 7.82. The molecule has 0 N–H and O–H groups in total. The van der Waals surface area contributed by atoms with Crippen molar-refractivity contribution in [2.75, 3.05) is 0 Å². The van der Waals surface area contributed by atoms with E-state index in [9.17, 15) is 9.90 Å². The minimum atomic E-state index is -1.15. The summed E-state index contributed by atoms with van der Waals surface area (Å²) in [6, 6.07) is 0. The quantitative estimate of drug-likeness (QED) is 0.323. The van der Waals surface area contributed by atoms with Crippen molar-refractivity contribution in [1.29, 1.82) is 0 Å². The molecule has 0 saturated heterocycles.